The van der Waals surface area contributed by atoms with E-state index >= 15 is 0 Å². The van der Waals surface area contributed by atoms with Crippen molar-refractivity contribution in [2.75, 3.05) is 13.1 Å². The van der Waals surface area contributed by atoms with Gasteiger partial charge in [0.25, 0.3) is 0 Å². The van der Waals surface area contributed by atoms with Gasteiger partial charge in [-0.05, 0) is 79.0 Å². The number of H-pyrrole nitrogens is 1. The van der Waals surface area contributed by atoms with Gasteiger partial charge in [-0.3, -0.25) is 4.98 Å². The average molecular weight is 573 g/mol. The monoisotopic (exact) mass is 571 g/mol. The Kier molecular flexibility index (Phi) is 6.31. The number of rotatable bonds is 5. The second-order valence-corrected chi connectivity index (χ2v) is 12.7. The number of nitrogens with two attached hydrogens (primary N) is 1. The molecule has 2 fully saturated rings. The maximum atomic E-state index is 7.19. The summed E-state index contributed by atoms with van der Waals surface area (Å²) >= 11 is 12.7. The van der Waals surface area contributed by atoms with Crippen molar-refractivity contribution in [3.05, 3.63) is 70.2 Å². The van der Waals surface area contributed by atoms with E-state index in [2.05, 4.69) is 40.2 Å². The number of nitrogens with one attached hydrogen (secondary N) is 2. The molecule has 2 atom stereocenters. The van der Waals surface area contributed by atoms with Gasteiger partial charge in [-0.1, -0.05) is 37.0 Å². The van der Waals surface area contributed by atoms with Crippen LogP contribution in [0.2, 0.25) is 10.0 Å². The maximum Gasteiger partial charge on any atom is 0.160 e. The van der Waals surface area contributed by atoms with E-state index in [1.54, 1.807) is 12.3 Å². The molecule has 4 aromatic heterocycles. The largest absolute Gasteiger partial charge is 0.339 e. The number of halogens is 2. The van der Waals surface area contributed by atoms with E-state index in [1.807, 2.05) is 30.6 Å². The van der Waals surface area contributed by atoms with Crippen molar-refractivity contribution >= 4 is 45.1 Å². The molecule has 1 aliphatic heterocycles. The first-order valence-corrected chi connectivity index (χ1v) is 14.6. The molecule has 7 rings (SSSR count). The first-order valence-electron chi connectivity index (χ1n) is 13.9. The normalized spacial score (nSPS) is 19.8. The van der Waals surface area contributed by atoms with E-state index < -0.39 is 0 Å². The second kappa shape index (κ2) is 9.77. The molecule has 1 aromatic carbocycles. The van der Waals surface area contributed by atoms with Crippen molar-refractivity contribution in [1.29, 1.82) is 0 Å². The fraction of sp³-hybridized carbons (Fsp3) is 0.355. The first-order chi connectivity index (χ1) is 19.3. The summed E-state index contributed by atoms with van der Waals surface area (Å²) in [6, 6.07) is 9.26. The van der Waals surface area contributed by atoms with Crippen LogP contribution in [0.25, 0.3) is 44.6 Å². The summed E-state index contributed by atoms with van der Waals surface area (Å²) in [5.41, 5.74) is 13.5. The number of aromatic amines is 1. The Balaban J connectivity index is 1.42. The van der Waals surface area contributed by atoms with E-state index in [-0.39, 0.29) is 17.4 Å². The van der Waals surface area contributed by atoms with Crippen LogP contribution in [0.5, 0.6) is 0 Å². The van der Waals surface area contributed by atoms with Crippen LogP contribution in [-0.2, 0) is 0 Å². The summed E-state index contributed by atoms with van der Waals surface area (Å²) in [6.45, 7) is 6.49. The Bertz CT molecular complexity index is 1760. The summed E-state index contributed by atoms with van der Waals surface area (Å²) in [4.78, 5) is 22.9. The smallest absolute Gasteiger partial charge is 0.160 e. The molecule has 7 nitrogen and oxygen atoms in total. The molecule has 4 N–H and O–H groups in total. The lowest BCUT2D eigenvalue weighted by molar-refractivity contribution is 0.128. The molecule has 0 amide bonds. The Morgan fingerprint density at radius 1 is 1.02 bits per heavy atom. The van der Waals surface area contributed by atoms with Gasteiger partial charge in [-0.2, -0.15) is 0 Å². The first kappa shape index (κ1) is 25.8. The van der Waals surface area contributed by atoms with E-state index in [1.165, 1.54) is 18.4 Å². The van der Waals surface area contributed by atoms with Crippen molar-refractivity contribution in [2.24, 2.45) is 17.1 Å². The van der Waals surface area contributed by atoms with E-state index in [9.17, 15) is 0 Å². The minimum Gasteiger partial charge on any atom is -0.339 e. The number of hydrogen-bond donors (Lipinski definition) is 3. The lowest BCUT2D eigenvalue weighted by Gasteiger charge is -2.42. The number of fused-ring (bicyclic) bond motifs is 2. The SMILES string of the molecule is CC1(C)CNCCC1C(N)c1nc(-c2ccnc3[nH]c(-c4ccc(Cl)cc4Cl)cc23)nc2cncc(C3CC3)c12. The minimum atomic E-state index is -0.228. The topological polar surface area (TPSA) is 105 Å². The summed E-state index contributed by atoms with van der Waals surface area (Å²) in [6.07, 6.45) is 8.96. The number of aromatic nitrogens is 5. The quantitative estimate of drug-likeness (QED) is 0.208. The van der Waals surface area contributed by atoms with Crippen molar-refractivity contribution in [3.8, 4) is 22.6 Å². The van der Waals surface area contributed by atoms with E-state index in [0.717, 1.165) is 64.0 Å². The summed E-state index contributed by atoms with van der Waals surface area (Å²) in [5.74, 6) is 1.41. The Morgan fingerprint density at radius 3 is 2.65 bits per heavy atom. The molecule has 1 saturated carbocycles. The lowest BCUT2D eigenvalue weighted by Crippen LogP contribution is -2.47. The van der Waals surface area contributed by atoms with Gasteiger partial charge in [0.05, 0.1) is 28.5 Å². The number of hydrogen-bond acceptors (Lipinski definition) is 6. The third-order valence-corrected chi connectivity index (χ3v) is 9.19. The molecule has 2 aliphatic rings. The Labute approximate surface area is 242 Å². The highest BCUT2D eigenvalue weighted by Gasteiger charge is 2.39. The highest BCUT2D eigenvalue weighted by Crippen LogP contribution is 2.46. The van der Waals surface area contributed by atoms with Crippen LogP contribution in [0, 0.1) is 11.3 Å². The maximum absolute atomic E-state index is 7.19. The highest BCUT2D eigenvalue weighted by atomic mass is 35.5. The van der Waals surface area contributed by atoms with Gasteiger partial charge in [-0.15, -0.1) is 0 Å². The molecule has 40 heavy (non-hydrogen) atoms. The van der Waals surface area contributed by atoms with Gasteiger partial charge in [0.1, 0.15) is 5.65 Å². The fourth-order valence-electron chi connectivity index (χ4n) is 6.32. The Morgan fingerprint density at radius 2 is 1.88 bits per heavy atom. The molecule has 0 bridgehead atoms. The van der Waals surface area contributed by atoms with Gasteiger partial charge < -0.3 is 16.0 Å². The molecule has 0 spiro atoms. The van der Waals surface area contributed by atoms with Crippen LogP contribution in [0.15, 0.2) is 48.9 Å². The third kappa shape index (κ3) is 4.45. The zero-order valence-corrected chi connectivity index (χ0v) is 24.0. The van der Waals surface area contributed by atoms with E-state index in [0.29, 0.717) is 21.8 Å². The molecule has 1 saturated heterocycles. The number of pyridine rings is 2. The van der Waals surface area contributed by atoms with Gasteiger partial charge in [0.15, 0.2) is 5.82 Å². The summed E-state index contributed by atoms with van der Waals surface area (Å²) in [7, 11) is 0. The van der Waals surface area contributed by atoms with Crippen LogP contribution in [0.1, 0.15) is 56.3 Å². The lowest BCUT2D eigenvalue weighted by atomic mass is 9.70. The molecule has 5 aromatic rings. The second-order valence-electron chi connectivity index (χ2n) is 11.8. The van der Waals surface area contributed by atoms with Crippen molar-refractivity contribution < 1.29 is 0 Å². The van der Waals surface area contributed by atoms with Crippen molar-refractivity contribution in [3.63, 3.8) is 0 Å². The van der Waals surface area contributed by atoms with Crippen LogP contribution in [0.4, 0.5) is 0 Å². The number of piperidine rings is 1. The molecule has 2 unspecified atom stereocenters. The van der Waals surface area contributed by atoms with E-state index in [4.69, 9.17) is 38.9 Å². The molecule has 0 radical (unpaired) electrons. The standard InChI is InChI=1S/C31H31Cl2N7/c1-31(2)15-35-9-8-22(31)27(34)28-26-21(16-3-4-16)13-36-14-25(26)39-30(40-28)18-7-10-37-29-20(18)12-24(38-29)19-6-5-17(32)11-23(19)33/h5-7,10-14,16,22,27,35H,3-4,8-9,15,34H2,1-2H3,(H,37,38). The minimum absolute atomic E-state index is 0.0409. The molecule has 1 aliphatic carbocycles. The molecular weight excluding hydrogens is 541 g/mol. The van der Waals surface area contributed by atoms with Gasteiger partial charge in [0.2, 0.25) is 0 Å². The number of benzene rings is 1. The van der Waals surface area contributed by atoms with Crippen LogP contribution >= 0.6 is 23.2 Å². The van der Waals surface area contributed by atoms with Crippen LogP contribution in [-0.4, -0.2) is 38.0 Å². The van der Waals surface area contributed by atoms with Crippen LogP contribution < -0.4 is 11.1 Å². The summed E-state index contributed by atoms with van der Waals surface area (Å²) < 4.78 is 0. The highest BCUT2D eigenvalue weighted by molar-refractivity contribution is 6.36. The fourth-order valence-corrected chi connectivity index (χ4v) is 6.83. The zero-order valence-electron chi connectivity index (χ0n) is 22.5. The zero-order chi connectivity index (χ0) is 27.6. The predicted molar refractivity (Wildman–Crippen MR) is 162 cm³/mol. The predicted octanol–water partition coefficient (Wildman–Crippen LogP) is 7.05. The number of nitrogens with zero attached hydrogens (tertiary/aromatic N) is 4. The van der Waals surface area contributed by atoms with Crippen molar-refractivity contribution in [2.45, 2.75) is 45.1 Å². The molecule has 204 valence electrons. The van der Waals surface area contributed by atoms with Gasteiger partial charge >= 0.3 is 0 Å². The van der Waals surface area contributed by atoms with Gasteiger partial charge in [-0.25, -0.2) is 15.0 Å². The van der Waals surface area contributed by atoms with Gasteiger partial charge in [0, 0.05) is 51.6 Å². The molecule has 5 heterocycles. The molecule has 9 heteroatoms. The third-order valence-electron chi connectivity index (χ3n) is 8.64. The summed E-state index contributed by atoms with van der Waals surface area (Å²) in [5, 5.41) is 6.69. The van der Waals surface area contributed by atoms with Crippen LogP contribution in [0.3, 0.4) is 0 Å². The Hall–Kier alpha value is -3.10. The average Bonchev–Trinajstić information content (AvgIpc) is 3.69. The molecular formula is C31H31Cl2N7. The van der Waals surface area contributed by atoms with Crippen molar-refractivity contribution in [1.82, 2.24) is 30.2 Å².